The fraction of sp³-hybridized carbons (Fsp3) is 0.682. The molecule has 1 aromatic rings. The summed E-state index contributed by atoms with van der Waals surface area (Å²) in [7, 11) is 0. The van der Waals surface area contributed by atoms with Crippen LogP contribution in [0.1, 0.15) is 51.4 Å². The molecule has 0 radical (unpaired) electrons. The van der Waals surface area contributed by atoms with Gasteiger partial charge in [0.25, 0.3) is 0 Å². The summed E-state index contributed by atoms with van der Waals surface area (Å²) in [4.78, 5) is 12.3. The van der Waals surface area contributed by atoms with Gasteiger partial charge in [0.2, 0.25) is 5.91 Å². The maximum absolute atomic E-state index is 12.3. The highest BCUT2D eigenvalue weighted by atomic mass is 35.5. The zero-order valence-corrected chi connectivity index (χ0v) is 18.0. The van der Waals surface area contributed by atoms with Crippen molar-refractivity contribution in [3.8, 4) is 0 Å². The summed E-state index contributed by atoms with van der Waals surface area (Å²) in [5.41, 5.74) is 2.30. The number of para-hydroxylation sites is 2. The molecule has 0 spiro atoms. The standard InChI is InChI=1S/C22H31N3O.2ClH/c26-21(14-23-13-15-5-6-15)24-19-3-1-2-4-20(19)25-22-10-16-7-17(11-22)9-18(8-16)12-22;;/h1-4,15-18,23,25H,5-14H2,(H,24,26);2*1H. The van der Waals surface area contributed by atoms with Crippen molar-refractivity contribution in [2.45, 2.75) is 56.9 Å². The van der Waals surface area contributed by atoms with Gasteiger partial charge in [-0.3, -0.25) is 4.79 Å². The average molecular weight is 426 g/mol. The highest BCUT2D eigenvalue weighted by Crippen LogP contribution is 2.56. The number of nitrogens with one attached hydrogen (secondary N) is 3. The van der Waals surface area contributed by atoms with Crippen LogP contribution < -0.4 is 16.0 Å². The van der Waals surface area contributed by atoms with Crippen LogP contribution in [0.15, 0.2) is 24.3 Å². The molecule has 6 rings (SSSR count). The van der Waals surface area contributed by atoms with E-state index < -0.39 is 0 Å². The Hall–Kier alpha value is -0.970. The Labute approximate surface area is 180 Å². The zero-order chi connectivity index (χ0) is 17.6. The number of benzene rings is 1. The molecule has 0 saturated heterocycles. The van der Waals surface area contributed by atoms with Crippen molar-refractivity contribution in [3.05, 3.63) is 24.3 Å². The summed E-state index contributed by atoms with van der Waals surface area (Å²) >= 11 is 0. The average Bonchev–Trinajstić information content (AvgIpc) is 3.39. The van der Waals surface area contributed by atoms with Crippen LogP contribution in [0.25, 0.3) is 0 Å². The maximum Gasteiger partial charge on any atom is 0.238 e. The Balaban J connectivity index is 0.00000112. The van der Waals surface area contributed by atoms with Gasteiger partial charge in [-0.2, -0.15) is 0 Å². The van der Waals surface area contributed by atoms with Gasteiger partial charge in [0.15, 0.2) is 0 Å². The van der Waals surface area contributed by atoms with Crippen molar-refractivity contribution in [2.24, 2.45) is 23.7 Å². The van der Waals surface area contributed by atoms with Crippen LogP contribution in [0.3, 0.4) is 0 Å². The molecule has 1 aromatic carbocycles. The molecule has 6 heteroatoms. The van der Waals surface area contributed by atoms with Crippen molar-refractivity contribution in [1.82, 2.24) is 5.32 Å². The summed E-state index contributed by atoms with van der Waals surface area (Å²) in [6.07, 6.45) is 10.9. The van der Waals surface area contributed by atoms with Gasteiger partial charge in [-0.15, -0.1) is 24.8 Å². The molecule has 5 fully saturated rings. The molecule has 0 atom stereocenters. The van der Waals surface area contributed by atoms with Crippen molar-refractivity contribution in [1.29, 1.82) is 0 Å². The van der Waals surface area contributed by atoms with Crippen molar-refractivity contribution in [3.63, 3.8) is 0 Å². The molecule has 0 aliphatic heterocycles. The number of hydrogen-bond acceptors (Lipinski definition) is 3. The molecule has 156 valence electrons. The molecule has 4 bridgehead atoms. The summed E-state index contributed by atoms with van der Waals surface area (Å²) in [5.74, 6) is 3.62. The van der Waals surface area contributed by atoms with E-state index in [0.29, 0.717) is 6.54 Å². The van der Waals surface area contributed by atoms with Crippen LogP contribution in [-0.4, -0.2) is 24.5 Å². The number of anilines is 2. The second kappa shape index (κ2) is 8.81. The second-order valence-electron chi connectivity index (χ2n) is 9.49. The van der Waals surface area contributed by atoms with Gasteiger partial charge in [0, 0.05) is 5.54 Å². The lowest BCUT2D eigenvalue weighted by Gasteiger charge is -2.57. The molecule has 4 nitrogen and oxygen atoms in total. The first kappa shape index (κ1) is 21.7. The lowest BCUT2D eigenvalue weighted by Crippen LogP contribution is -2.54. The minimum Gasteiger partial charge on any atom is -0.378 e. The lowest BCUT2D eigenvalue weighted by molar-refractivity contribution is -0.115. The van der Waals surface area contributed by atoms with E-state index in [2.05, 4.69) is 28.1 Å². The topological polar surface area (TPSA) is 53.2 Å². The Bertz CT molecular complexity index is 657. The van der Waals surface area contributed by atoms with Crippen molar-refractivity contribution in [2.75, 3.05) is 23.7 Å². The van der Waals surface area contributed by atoms with Crippen molar-refractivity contribution >= 4 is 42.1 Å². The van der Waals surface area contributed by atoms with Gasteiger partial charge >= 0.3 is 0 Å². The molecule has 5 saturated carbocycles. The van der Waals surface area contributed by atoms with Gasteiger partial charge in [0.1, 0.15) is 0 Å². The third-order valence-electron chi connectivity index (χ3n) is 7.05. The first-order chi connectivity index (χ1) is 12.7. The Morgan fingerprint density at radius 1 is 0.929 bits per heavy atom. The Morgan fingerprint density at radius 3 is 2.07 bits per heavy atom. The number of halogens is 2. The smallest absolute Gasteiger partial charge is 0.238 e. The van der Waals surface area contributed by atoms with Gasteiger partial charge in [-0.05, 0) is 93.7 Å². The van der Waals surface area contributed by atoms with E-state index in [-0.39, 0.29) is 36.3 Å². The van der Waals surface area contributed by atoms with Crippen LogP contribution in [0.4, 0.5) is 11.4 Å². The third kappa shape index (κ3) is 4.77. The summed E-state index contributed by atoms with van der Waals surface area (Å²) in [6, 6.07) is 8.25. The Kier molecular flexibility index (Phi) is 6.84. The zero-order valence-electron chi connectivity index (χ0n) is 16.4. The van der Waals surface area contributed by atoms with Crippen LogP contribution in [0, 0.1) is 23.7 Å². The number of amides is 1. The molecule has 0 unspecified atom stereocenters. The van der Waals surface area contributed by atoms with Crippen LogP contribution in [0.2, 0.25) is 0 Å². The van der Waals surface area contributed by atoms with Gasteiger partial charge in [-0.1, -0.05) is 12.1 Å². The van der Waals surface area contributed by atoms with Gasteiger partial charge < -0.3 is 16.0 Å². The fourth-order valence-corrected chi connectivity index (χ4v) is 6.16. The number of hydrogen-bond donors (Lipinski definition) is 3. The van der Waals surface area contributed by atoms with E-state index in [1.807, 2.05) is 12.1 Å². The summed E-state index contributed by atoms with van der Waals surface area (Å²) < 4.78 is 0. The highest BCUT2D eigenvalue weighted by molar-refractivity contribution is 5.95. The summed E-state index contributed by atoms with van der Waals surface area (Å²) in [6.45, 7) is 1.38. The van der Waals surface area contributed by atoms with E-state index in [4.69, 9.17) is 0 Å². The lowest BCUT2D eigenvalue weighted by atomic mass is 9.53. The van der Waals surface area contributed by atoms with E-state index in [0.717, 1.165) is 41.6 Å². The largest absolute Gasteiger partial charge is 0.378 e. The monoisotopic (exact) mass is 425 g/mol. The highest BCUT2D eigenvalue weighted by Gasteiger charge is 2.51. The molecule has 28 heavy (non-hydrogen) atoms. The van der Waals surface area contributed by atoms with Crippen LogP contribution >= 0.6 is 24.8 Å². The third-order valence-corrected chi connectivity index (χ3v) is 7.05. The molecule has 5 aliphatic carbocycles. The number of carbonyl (C=O) groups is 1. The quantitative estimate of drug-likeness (QED) is 0.584. The maximum atomic E-state index is 12.3. The minimum absolute atomic E-state index is 0. The van der Waals surface area contributed by atoms with E-state index in [1.165, 1.54) is 51.4 Å². The minimum atomic E-state index is 0. The second-order valence-corrected chi connectivity index (χ2v) is 9.49. The van der Waals surface area contributed by atoms with E-state index in [9.17, 15) is 4.79 Å². The van der Waals surface area contributed by atoms with E-state index >= 15 is 0 Å². The predicted molar refractivity (Wildman–Crippen MR) is 120 cm³/mol. The first-order valence-corrected chi connectivity index (χ1v) is 10.6. The normalized spacial score (nSPS) is 32.2. The molecule has 1 amide bonds. The number of carbonyl (C=O) groups excluding carboxylic acids is 1. The van der Waals surface area contributed by atoms with Crippen LogP contribution in [-0.2, 0) is 4.79 Å². The van der Waals surface area contributed by atoms with Gasteiger partial charge in [-0.25, -0.2) is 0 Å². The summed E-state index contributed by atoms with van der Waals surface area (Å²) in [5, 5.41) is 10.3. The molecular weight excluding hydrogens is 393 g/mol. The fourth-order valence-electron chi connectivity index (χ4n) is 6.16. The number of rotatable bonds is 7. The first-order valence-electron chi connectivity index (χ1n) is 10.6. The molecular formula is C22H33Cl2N3O. The van der Waals surface area contributed by atoms with Crippen molar-refractivity contribution < 1.29 is 4.79 Å². The Morgan fingerprint density at radius 2 is 1.50 bits per heavy atom. The molecule has 5 aliphatic rings. The predicted octanol–water partition coefficient (Wildman–Crippen LogP) is 4.85. The molecule has 0 aromatic heterocycles. The molecule has 0 heterocycles. The van der Waals surface area contributed by atoms with E-state index in [1.54, 1.807) is 0 Å². The molecule has 3 N–H and O–H groups in total. The SMILES string of the molecule is Cl.Cl.O=C(CNCC1CC1)Nc1ccccc1NC12CC3CC(CC(C3)C1)C2. The van der Waals surface area contributed by atoms with Gasteiger partial charge in [0.05, 0.1) is 17.9 Å². The van der Waals surface area contributed by atoms with Crippen LogP contribution in [0.5, 0.6) is 0 Å².